The first-order valence-corrected chi connectivity index (χ1v) is 4.53. The molecule has 0 aromatic carbocycles. The highest BCUT2D eigenvalue weighted by molar-refractivity contribution is 5.05. The van der Waals surface area contributed by atoms with Crippen molar-refractivity contribution in [2.75, 3.05) is 0 Å². The Morgan fingerprint density at radius 1 is 1.25 bits per heavy atom. The number of rotatable bonds is 1. The van der Waals surface area contributed by atoms with Gasteiger partial charge in [0.25, 0.3) is 0 Å². The molecule has 0 radical (unpaired) electrons. The fraction of sp³-hybridized carbons (Fsp3) is 0.545. The Bertz CT molecular complexity index is 179. The minimum absolute atomic E-state index is 0.884. The van der Waals surface area contributed by atoms with Crippen molar-refractivity contribution in [3.05, 3.63) is 30.1 Å². The van der Waals surface area contributed by atoms with E-state index in [-0.39, 0.29) is 0 Å². The summed E-state index contributed by atoms with van der Waals surface area (Å²) in [5.74, 6) is 0.884. The normalized spacial score (nSPS) is 9.08. The molecule has 1 heteroatoms. The third kappa shape index (κ3) is 7.26. The van der Waals surface area contributed by atoms with Crippen molar-refractivity contribution in [1.82, 2.24) is 4.98 Å². The lowest BCUT2D eigenvalue weighted by Crippen LogP contribution is -1.77. The maximum absolute atomic E-state index is 3.85. The molecular weight excluding hydrogens is 146 g/mol. The topological polar surface area (TPSA) is 12.9 Å². The van der Waals surface area contributed by atoms with Crippen LogP contribution in [-0.4, -0.2) is 4.98 Å². The Hall–Kier alpha value is -0.850. The lowest BCUT2D eigenvalue weighted by Gasteiger charge is -1.90. The van der Waals surface area contributed by atoms with E-state index in [4.69, 9.17) is 0 Å². The Morgan fingerprint density at radius 2 is 1.67 bits per heavy atom. The first-order valence-electron chi connectivity index (χ1n) is 4.53. The number of hydrogen-bond donors (Lipinski definition) is 0. The number of pyridine rings is 1. The molecule has 0 aliphatic heterocycles. The minimum Gasteiger partial charge on any atom is -0.265 e. The summed E-state index contributed by atoms with van der Waals surface area (Å²) < 4.78 is 0. The van der Waals surface area contributed by atoms with Crippen LogP contribution >= 0.6 is 0 Å². The van der Waals surface area contributed by atoms with Crippen LogP contribution in [-0.2, 0) is 0 Å². The summed E-state index contributed by atoms with van der Waals surface area (Å²) in [6.07, 6.45) is 4.88. The van der Waals surface area contributed by atoms with E-state index in [1.165, 1.54) is 12.0 Å². The molecule has 1 rings (SSSR count). The van der Waals surface area contributed by atoms with Crippen LogP contribution in [0.4, 0.5) is 0 Å². The van der Waals surface area contributed by atoms with Crippen LogP contribution in [0, 0.1) is 12.8 Å². The molecule has 1 aromatic rings. The Morgan fingerprint density at radius 3 is 1.83 bits per heavy atom. The summed E-state index contributed by atoms with van der Waals surface area (Å²) in [7, 11) is 0. The van der Waals surface area contributed by atoms with E-state index in [2.05, 4.69) is 25.8 Å². The zero-order chi connectivity index (χ0) is 9.40. The van der Waals surface area contributed by atoms with E-state index >= 15 is 0 Å². The van der Waals surface area contributed by atoms with Gasteiger partial charge in [0, 0.05) is 12.4 Å². The van der Waals surface area contributed by atoms with E-state index in [0.29, 0.717) is 0 Å². The van der Waals surface area contributed by atoms with Gasteiger partial charge < -0.3 is 0 Å². The molecule has 12 heavy (non-hydrogen) atoms. The van der Waals surface area contributed by atoms with Crippen LogP contribution in [0.2, 0.25) is 0 Å². The number of aryl methyl sites for hydroxylation is 1. The molecule has 68 valence electrons. The molecule has 0 aliphatic rings. The number of nitrogens with zero attached hydrogens (tertiary/aromatic N) is 1. The van der Waals surface area contributed by atoms with Gasteiger partial charge in [-0.2, -0.15) is 0 Å². The van der Waals surface area contributed by atoms with Gasteiger partial charge in [-0.25, -0.2) is 0 Å². The monoisotopic (exact) mass is 165 g/mol. The minimum atomic E-state index is 0.884. The molecule has 0 amide bonds. The second kappa shape index (κ2) is 6.84. The average Bonchev–Trinajstić information content (AvgIpc) is 2.07. The first-order chi connectivity index (χ1) is 5.66. The number of aromatic nitrogens is 1. The van der Waals surface area contributed by atoms with Gasteiger partial charge in [0.2, 0.25) is 0 Å². The molecule has 0 aliphatic carbocycles. The summed E-state index contributed by atoms with van der Waals surface area (Å²) in [5.41, 5.74) is 1.26. The van der Waals surface area contributed by atoms with Crippen molar-refractivity contribution in [1.29, 1.82) is 0 Å². The SMILES string of the molecule is CCC(C)C.Cc1ccncc1. The Labute approximate surface area is 75.8 Å². The second-order valence-corrected chi connectivity index (χ2v) is 3.33. The Kier molecular flexibility index (Phi) is 6.35. The predicted molar refractivity (Wildman–Crippen MR) is 54.1 cm³/mol. The van der Waals surface area contributed by atoms with Gasteiger partial charge in [-0.05, 0) is 30.5 Å². The molecule has 1 nitrogen and oxygen atoms in total. The van der Waals surface area contributed by atoms with Crippen LogP contribution < -0.4 is 0 Å². The fourth-order valence-electron chi connectivity index (χ4n) is 0.426. The average molecular weight is 165 g/mol. The summed E-state index contributed by atoms with van der Waals surface area (Å²) in [5, 5.41) is 0. The zero-order valence-electron chi connectivity index (χ0n) is 8.54. The molecule has 0 unspecified atom stereocenters. The van der Waals surface area contributed by atoms with Gasteiger partial charge in [0.05, 0.1) is 0 Å². The highest BCUT2D eigenvalue weighted by Crippen LogP contribution is 1.93. The van der Waals surface area contributed by atoms with Gasteiger partial charge in [0.1, 0.15) is 0 Å². The molecule has 0 saturated carbocycles. The van der Waals surface area contributed by atoms with Gasteiger partial charge in [0.15, 0.2) is 0 Å². The maximum atomic E-state index is 3.85. The van der Waals surface area contributed by atoms with Crippen molar-refractivity contribution in [2.45, 2.75) is 34.1 Å². The van der Waals surface area contributed by atoms with Crippen LogP contribution in [0.25, 0.3) is 0 Å². The van der Waals surface area contributed by atoms with Crippen molar-refractivity contribution in [3.8, 4) is 0 Å². The molecule has 0 saturated heterocycles. The molecule has 0 bridgehead atoms. The van der Waals surface area contributed by atoms with Gasteiger partial charge in [-0.1, -0.05) is 27.2 Å². The standard InChI is InChI=1S/C6H7N.C5H12/c1-6-2-4-7-5-3-6;1-4-5(2)3/h2-5H,1H3;5H,4H2,1-3H3. The molecular formula is C11H19N. The molecule has 0 fully saturated rings. The van der Waals surface area contributed by atoms with E-state index in [1.807, 2.05) is 19.1 Å². The molecule has 0 atom stereocenters. The number of hydrogen-bond acceptors (Lipinski definition) is 1. The van der Waals surface area contributed by atoms with Crippen molar-refractivity contribution >= 4 is 0 Å². The van der Waals surface area contributed by atoms with Gasteiger partial charge >= 0.3 is 0 Å². The fourth-order valence-corrected chi connectivity index (χ4v) is 0.426. The van der Waals surface area contributed by atoms with E-state index in [1.54, 1.807) is 12.4 Å². The lowest BCUT2D eigenvalue weighted by atomic mass is 10.2. The van der Waals surface area contributed by atoms with Gasteiger partial charge in [-0.15, -0.1) is 0 Å². The lowest BCUT2D eigenvalue weighted by molar-refractivity contribution is 0.626. The Balaban J connectivity index is 0.000000217. The third-order valence-corrected chi connectivity index (χ3v) is 1.66. The van der Waals surface area contributed by atoms with Crippen LogP contribution in [0.3, 0.4) is 0 Å². The first kappa shape index (κ1) is 11.2. The molecule has 1 aromatic heterocycles. The van der Waals surface area contributed by atoms with Crippen molar-refractivity contribution in [3.63, 3.8) is 0 Å². The largest absolute Gasteiger partial charge is 0.265 e. The third-order valence-electron chi connectivity index (χ3n) is 1.66. The van der Waals surface area contributed by atoms with Crippen LogP contribution in [0.15, 0.2) is 24.5 Å². The summed E-state index contributed by atoms with van der Waals surface area (Å²) in [6.45, 7) is 8.69. The predicted octanol–water partition coefficient (Wildman–Crippen LogP) is 3.44. The summed E-state index contributed by atoms with van der Waals surface area (Å²) >= 11 is 0. The second-order valence-electron chi connectivity index (χ2n) is 3.33. The van der Waals surface area contributed by atoms with E-state index in [0.717, 1.165) is 5.92 Å². The molecule has 0 N–H and O–H groups in total. The highest BCUT2D eigenvalue weighted by atomic mass is 14.6. The summed E-state index contributed by atoms with van der Waals surface area (Å²) in [4.78, 5) is 3.85. The molecule has 0 spiro atoms. The smallest absolute Gasteiger partial charge is 0.0270 e. The highest BCUT2D eigenvalue weighted by Gasteiger charge is 1.80. The van der Waals surface area contributed by atoms with E-state index < -0.39 is 0 Å². The maximum Gasteiger partial charge on any atom is 0.0270 e. The van der Waals surface area contributed by atoms with Gasteiger partial charge in [-0.3, -0.25) is 4.98 Å². The van der Waals surface area contributed by atoms with Crippen LogP contribution in [0.5, 0.6) is 0 Å². The zero-order valence-corrected chi connectivity index (χ0v) is 8.54. The molecule has 1 heterocycles. The van der Waals surface area contributed by atoms with Crippen molar-refractivity contribution < 1.29 is 0 Å². The van der Waals surface area contributed by atoms with Crippen LogP contribution in [0.1, 0.15) is 32.8 Å². The van der Waals surface area contributed by atoms with Crippen molar-refractivity contribution in [2.24, 2.45) is 5.92 Å². The van der Waals surface area contributed by atoms with E-state index in [9.17, 15) is 0 Å². The quantitative estimate of drug-likeness (QED) is 0.621. The summed E-state index contributed by atoms with van der Waals surface area (Å²) in [6, 6.07) is 3.94.